The van der Waals surface area contributed by atoms with Gasteiger partial charge in [0, 0.05) is 25.3 Å². The molecule has 17 heavy (non-hydrogen) atoms. The third kappa shape index (κ3) is 4.72. The molecule has 94 valence electrons. The lowest BCUT2D eigenvalue weighted by Gasteiger charge is -2.13. The van der Waals surface area contributed by atoms with Crippen LogP contribution in [0.2, 0.25) is 0 Å². The summed E-state index contributed by atoms with van der Waals surface area (Å²) in [5.74, 6) is 0.797. The van der Waals surface area contributed by atoms with Crippen molar-refractivity contribution in [1.29, 1.82) is 0 Å². The molecular formula is C12H17NO4. The molecule has 0 aromatic carbocycles. The Morgan fingerprint density at radius 3 is 2.76 bits per heavy atom. The Bertz CT molecular complexity index is 372. The van der Waals surface area contributed by atoms with Crippen LogP contribution in [0.1, 0.15) is 31.3 Å². The molecule has 1 aromatic heterocycles. The number of hydrogen-bond donors (Lipinski definition) is 2. The number of aryl methyl sites for hydroxylation is 1. The van der Waals surface area contributed by atoms with Crippen molar-refractivity contribution >= 4 is 12.4 Å². The van der Waals surface area contributed by atoms with Gasteiger partial charge in [-0.15, -0.1) is 0 Å². The van der Waals surface area contributed by atoms with Crippen molar-refractivity contribution < 1.29 is 19.1 Å². The van der Waals surface area contributed by atoms with Crippen molar-refractivity contribution in [3.8, 4) is 0 Å². The second kappa shape index (κ2) is 6.73. The third-order valence-corrected chi connectivity index (χ3v) is 2.52. The van der Waals surface area contributed by atoms with Crippen molar-refractivity contribution in [3.63, 3.8) is 0 Å². The summed E-state index contributed by atoms with van der Waals surface area (Å²) in [6.07, 6.45) is 2.37. The number of carbonyl (C=O) groups is 2. The molecule has 0 radical (unpaired) electrons. The van der Waals surface area contributed by atoms with Gasteiger partial charge in [0.15, 0.2) is 0 Å². The molecule has 0 aliphatic heterocycles. The first-order valence-corrected chi connectivity index (χ1v) is 5.64. The topological polar surface area (TPSA) is 79.5 Å². The predicted octanol–water partition coefficient (Wildman–Crippen LogP) is 1.36. The SMILES string of the molecule is CCc1ccc(CC(CCC(=O)O)NC=O)o1. The minimum Gasteiger partial charge on any atom is -0.481 e. The second-order valence-corrected chi connectivity index (χ2v) is 3.84. The fourth-order valence-electron chi connectivity index (χ4n) is 1.60. The number of nitrogens with one attached hydrogen (secondary N) is 1. The predicted molar refractivity (Wildman–Crippen MR) is 61.6 cm³/mol. The zero-order valence-electron chi connectivity index (χ0n) is 9.81. The summed E-state index contributed by atoms with van der Waals surface area (Å²) < 4.78 is 5.51. The molecule has 1 amide bonds. The van der Waals surface area contributed by atoms with Crippen LogP contribution in [0.15, 0.2) is 16.5 Å². The Balaban J connectivity index is 2.52. The highest BCUT2D eigenvalue weighted by molar-refractivity contribution is 5.66. The average Bonchev–Trinajstić information content (AvgIpc) is 2.74. The maximum Gasteiger partial charge on any atom is 0.303 e. The number of hydrogen-bond acceptors (Lipinski definition) is 3. The number of carboxylic acid groups (broad SMARTS) is 1. The second-order valence-electron chi connectivity index (χ2n) is 3.84. The largest absolute Gasteiger partial charge is 0.481 e. The van der Waals surface area contributed by atoms with E-state index in [4.69, 9.17) is 9.52 Å². The number of carboxylic acids is 1. The monoisotopic (exact) mass is 239 g/mol. The lowest BCUT2D eigenvalue weighted by molar-refractivity contribution is -0.137. The summed E-state index contributed by atoms with van der Waals surface area (Å²) in [7, 11) is 0. The van der Waals surface area contributed by atoms with E-state index in [-0.39, 0.29) is 12.5 Å². The van der Waals surface area contributed by atoms with Gasteiger partial charge in [-0.05, 0) is 18.6 Å². The normalized spacial score (nSPS) is 12.1. The maximum absolute atomic E-state index is 10.5. The van der Waals surface area contributed by atoms with Crippen molar-refractivity contribution in [2.75, 3.05) is 0 Å². The van der Waals surface area contributed by atoms with Crippen molar-refractivity contribution in [1.82, 2.24) is 5.32 Å². The van der Waals surface area contributed by atoms with Gasteiger partial charge in [0.1, 0.15) is 11.5 Å². The summed E-state index contributed by atoms with van der Waals surface area (Å²) in [6, 6.07) is 3.56. The molecule has 1 heterocycles. The van der Waals surface area contributed by atoms with E-state index in [1.54, 1.807) is 0 Å². The van der Waals surface area contributed by atoms with Gasteiger partial charge in [-0.25, -0.2) is 0 Å². The molecule has 0 saturated heterocycles. The van der Waals surface area contributed by atoms with Gasteiger partial charge in [-0.3, -0.25) is 9.59 Å². The standard InChI is InChI=1S/C12H17NO4/c1-2-10-4-5-11(17-10)7-9(13-8-14)3-6-12(15)16/h4-5,8-9H,2-3,6-7H2,1H3,(H,13,14)(H,15,16). The van der Waals surface area contributed by atoms with Crippen LogP contribution in [0, 0.1) is 0 Å². The van der Waals surface area contributed by atoms with E-state index in [9.17, 15) is 9.59 Å². The molecule has 5 heteroatoms. The van der Waals surface area contributed by atoms with Crippen LogP contribution in [-0.4, -0.2) is 23.5 Å². The van der Waals surface area contributed by atoms with E-state index in [0.717, 1.165) is 17.9 Å². The molecule has 5 nitrogen and oxygen atoms in total. The van der Waals surface area contributed by atoms with Gasteiger partial charge in [0.2, 0.25) is 6.41 Å². The summed E-state index contributed by atoms with van der Waals surface area (Å²) in [4.78, 5) is 20.9. The number of furan rings is 1. The number of amides is 1. The zero-order valence-corrected chi connectivity index (χ0v) is 9.81. The van der Waals surface area contributed by atoms with Crippen LogP contribution in [0.5, 0.6) is 0 Å². The lowest BCUT2D eigenvalue weighted by atomic mass is 10.1. The van der Waals surface area contributed by atoms with Crippen LogP contribution in [-0.2, 0) is 22.4 Å². The first-order valence-electron chi connectivity index (χ1n) is 5.64. The molecule has 0 saturated carbocycles. The summed E-state index contributed by atoms with van der Waals surface area (Å²) in [5.41, 5.74) is 0. The Hall–Kier alpha value is -1.78. The molecule has 1 atom stereocenters. The van der Waals surface area contributed by atoms with Crippen LogP contribution < -0.4 is 5.32 Å². The molecular weight excluding hydrogens is 222 g/mol. The zero-order chi connectivity index (χ0) is 12.7. The summed E-state index contributed by atoms with van der Waals surface area (Å²) >= 11 is 0. The van der Waals surface area contributed by atoms with Gasteiger partial charge in [-0.1, -0.05) is 6.92 Å². The Kier molecular flexibility index (Phi) is 5.26. The molecule has 0 aliphatic carbocycles. The number of aliphatic carboxylic acids is 1. The van der Waals surface area contributed by atoms with Crippen LogP contribution in [0.3, 0.4) is 0 Å². The van der Waals surface area contributed by atoms with Crippen LogP contribution in [0.4, 0.5) is 0 Å². The Morgan fingerprint density at radius 1 is 1.53 bits per heavy atom. The van der Waals surface area contributed by atoms with Gasteiger partial charge in [-0.2, -0.15) is 0 Å². The molecule has 0 fully saturated rings. The molecule has 1 rings (SSSR count). The molecule has 1 aromatic rings. The molecule has 2 N–H and O–H groups in total. The van der Waals surface area contributed by atoms with Crippen molar-refractivity contribution in [2.45, 2.75) is 38.6 Å². The average molecular weight is 239 g/mol. The van der Waals surface area contributed by atoms with Gasteiger partial charge < -0.3 is 14.8 Å². The minimum atomic E-state index is -0.864. The highest BCUT2D eigenvalue weighted by atomic mass is 16.4. The smallest absolute Gasteiger partial charge is 0.303 e. The molecule has 0 spiro atoms. The first-order chi connectivity index (χ1) is 8.15. The highest BCUT2D eigenvalue weighted by Crippen LogP contribution is 2.12. The van der Waals surface area contributed by atoms with Crippen LogP contribution in [0.25, 0.3) is 0 Å². The first kappa shape index (κ1) is 13.3. The van der Waals surface area contributed by atoms with Crippen molar-refractivity contribution in [3.05, 3.63) is 23.7 Å². The Morgan fingerprint density at radius 2 is 2.24 bits per heavy atom. The number of carbonyl (C=O) groups excluding carboxylic acids is 1. The van der Waals surface area contributed by atoms with E-state index >= 15 is 0 Å². The van der Waals surface area contributed by atoms with Gasteiger partial charge in [0.25, 0.3) is 0 Å². The fraction of sp³-hybridized carbons (Fsp3) is 0.500. The molecule has 1 unspecified atom stereocenters. The van der Waals surface area contributed by atoms with Crippen molar-refractivity contribution in [2.24, 2.45) is 0 Å². The lowest BCUT2D eigenvalue weighted by Crippen LogP contribution is -2.30. The minimum absolute atomic E-state index is 0.0346. The quantitative estimate of drug-likeness (QED) is 0.671. The van der Waals surface area contributed by atoms with E-state index in [1.165, 1.54) is 0 Å². The van der Waals surface area contributed by atoms with E-state index in [2.05, 4.69) is 5.32 Å². The molecule has 0 aliphatic rings. The highest BCUT2D eigenvalue weighted by Gasteiger charge is 2.13. The van der Waals surface area contributed by atoms with E-state index in [1.807, 2.05) is 19.1 Å². The maximum atomic E-state index is 10.5. The summed E-state index contributed by atoms with van der Waals surface area (Å²) in [5, 5.41) is 11.2. The van der Waals surface area contributed by atoms with Gasteiger partial charge >= 0.3 is 5.97 Å². The fourth-order valence-corrected chi connectivity index (χ4v) is 1.60. The van der Waals surface area contributed by atoms with Gasteiger partial charge in [0.05, 0.1) is 0 Å². The summed E-state index contributed by atoms with van der Waals surface area (Å²) in [6.45, 7) is 1.99. The van der Waals surface area contributed by atoms with E-state index in [0.29, 0.717) is 19.3 Å². The van der Waals surface area contributed by atoms with Crippen LogP contribution >= 0.6 is 0 Å². The third-order valence-electron chi connectivity index (χ3n) is 2.52. The number of rotatable bonds is 8. The van der Waals surface area contributed by atoms with E-state index < -0.39 is 5.97 Å². The Labute approximate surface area is 99.8 Å². The molecule has 0 bridgehead atoms.